The van der Waals surface area contributed by atoms with Crippen LogP contribution in [-0.4, -0.2) is 0 Å². The van der Waals surface area contributed by atoms with E-state index in [1.165, 1.54) is 5.56 Å². The van der Waals surface area contributed by atoms with Crippen molar-refractivity contribution in [3.05, 3.63) is 28.8 Å². The SMILES string of the molecule is CC(C)c1cc(C#N)c(N)c(C(C)C)c1. The molecule has 0 amide bonds. The van der Waals surface area contributed by atoms with Gasteiger partial charge in [-0.25, -0.2) is 0 Å². The lowest BCUT2D eigenvalue weighted by Gasteiger charge is -2.15. The van der Waals surface area contributed by atoms with Crippen molar-refractivity contribution in [2.45, 2.75) is 39.5 Å². The van der Waals surface area contributed by atoms with Gasteiger partial charge in [0.15, 0.2) is 0 Å². The van der Waals surface area contributed by atoms with Gasteiger partial charge in [0.1, 0.15) is 6.07 Å². The molecule has 1 rings (SSSR count). The quantitative estimate of drug-likeness (QED) is 0.747. The molecule has 0 atom stereocenters. The van der Waals surface area contributed by atoms with Crippen LogP contribution in [-0.2, 0) is 0 Å². The highest BCUT2D eigenvalue weighted by molar-refractivity contribution is 5.62. The topological polar surface area (TPSA) is 49.8 Å². The fourth-order valence-corrected chi connectivity index (χ4v) is 1.60. The van der Waals surface area contributed by atoms with Gasteiger partial charge in [-0.1, -0.05) is 33.8 Å². The Hall–Kier alpha value is -1.49. The molecule has 0 unspecified atom stereocenters. The first-order chi connectivity index (χ1) is 6.97. The van der Waals surface area contributed by atoms with Crippen LogP contribution in [0.1, 0.15) is 56.2 Å². The lowest BCUT2D eigenvalue weighted by atomic mass is 9.91. The standard InChI is InChI=1S/C13H18N2/c1-8(2)10-5-11(7-14)13(15)12(6-10)9(3)4/h5-6,8-9H,15H2,1-4H3. The largest absolute Gasteiger partial charge is 0.397 e. The van der Waals surface area contributed by atoms with Crippen molar-refractivity contribution in [3.63, 3.8) is 0 Å². The van der Waals surface area contributed by atoms with Crippen molar-refractivity contribution < 1.29 is 0 Å². The number of nitrogens with two attached hydrogens (primary N) is 1. The molecule has 1 aromatic carbocycles. The minimum absolute atomic E-state index is 0.357. The van der Waals surface area contributed by atoms with Gasteiger partial charge in [0.2, 0.25) is 0 Å². The van der Waals surface area contributed by atoms with Crippen LogP contribution in [0.2, 0.25) is 0 Å². The van der Waals surface area contributed by atoms with E-state index in [1.54, 1.807) is 0 Å². The van der Waals surface area contributed by atoms with E-state index in [2.05, 4.69) is 39.8 Å². The minimum atomic E-state index is 0.357. The molecule has 0 spiro atoms. The van der Waals surface area contributed by atoms with Gasteiger partial charge in [0, 0.05) is 0 Å². The van der Waals surface area contributed by atoms with Crippen molar-refractivity contribution in [1.29, 1.82) is 5.26 Å². The van der Waals surface area contributed by atoms with Crippen LogP contribution < -0.4 is 5.73 Å². The highest BCUT2D eigenvalue weighted by Gasteiger charge is 2.12. The number of nitrogen functional groups attached to an aromatic ring is 1. The first-order valence-corrected chi connectivity index (χ1v) is 5.30. The predicted molar refractivity (Wildman–Crippen MR) is 63.7 cm³/mol. The average Bonchev–Trinajstić information content (AvgIpc) is 2.17. The summed E-state index contributed by atoms with van der Waals surface area (Å²) in [4.78, 5) is 0. The molecule has 0 heterocycles. The van der Waals surface area contributed by atoms with Gasteiger partial charge in [-0.2, -0.15) is 5.26 Å². The number of nitrogens with zero attached hydrogens (tertiary/aromatic N) is 1. The van der Waals surface area contributed by atoms with Gasteiger partial charge in [0.05, 0.1) is 11.3 Å². The summed E-state index contributed by atoms with van der Waals surface area (Å²) in [6.07, 6.45) is 0. The van der Waals surface area contributed by atoms with Crippen molar-refractivity contribution in [2.75, 3.05) is 5.73 Å². The summed E-state index contributed by atoms with van der Waals surface area (Å²) in [6, 6.07) is 6.17. The number of hydrogen-bond acceptors (Lipinski definition) is 2. The van der Waals surface area contributed by atoms with E-state index >= 15 is 0 Å². The van der Waals surface area contributed by atoms with Crippen molar-refractivity contribution in [3.8, 4) is 6.07 Å². The zero-order valence-electron chi connectivity index (χ0n) is 9.83. The maximum Gasteiger partial charge on any atom is 0.101 e. The zero-order valence-corrected chi connectivity index (χ0v) is 9.83. The van der Waals surface area contributed by atoms with Gasteiger partial charge in [-0.15, -0.1) is 0 Å². The molecule has 2 nitrogen and oxygen atoms in total. The number of benzene rings is 1. The highest BCUT2D eigenvalue weighted by Crippen LogP contribution is 2.29. The highest BCUT2D eigenvalue weighted by atomic mass is 14.6. The average molecular weight is 202 g/mol. The van der Waals surface area contributed by atoms with E-state index in [0.29, 0.717) is 23.1 Å². The number of hydrogen-bond donors (Lipinski definition) is 1. The summed E-state index contributed by atoms with van der Waals surface area (Å²) in [5.74, 6) is 0.783. The third-order valence-corrected chi connectivity index (χ3v) is 2.64. The second kappa shape index (κ2) is 4.35. The van der Waals surface area contributed by atoms with Crippen LogP contribution in [0.25, 0.3) is 0 Å². The summed E-state index contributed by atoms with van der Waals surface area (Å²) >= 11 is 0. The van der Waals surface area contributed by atoms with Crippen molar-refractivity contribution >= 4 is 5.69 Å². The Morgan fingerprint density at radius 2 is 1.73 bits per heavy atom. The van der Waals surface area contributed by atoms with Crippen molar-refractivity contribution in [2.24, 2.45) is 0 Å². The molecular formula is C13H18N2. The molecular weight excluding hydrogens is 184 g/mol. The molecule has 2 heteroatoms. The van der Waals surface area contributed by atoms with Crippen LogP contribution in [0, 0.1) is 11.3 Å². The Morgan fingerprint density at radius 3 is 2.13 bits per heavy atom. The molecule has 0 aliphatic rings. The molecule has 1 aromatic rings. The van der Waals surface area contributed by atoms with Gasteiger partial charge >= 0.3 is 0 Å². The van der Waals surface area contributed by atoms with Crippen LogP contribution >= 0.6 is 0 Å². The molecule has 0 bridgehead atoms. The molecule has 80 valence electrons. The third kappa shape index (κ3) is 2.30. The fraction of sp³-hybridized carbons (Fsp3) is 0.462. The summed E-state index contributed by atoms with van der Waals surface area (Å²) in [5, 5.41) is 9.00. The van der Waals surface area contributed by atoms with Gasteiger partial charge in [-0.05, 0) is 29.0 Å². The summed E-state index contributed by atoms with van der Waals surface area (Å²) in [7, 11) is 0. The van der Waals surface area contributed by atoms with Gasteiger partial charge < -0.3 is 5.73 Å². The second-order valence-corrected chi connectivity index (χ2v) is 4.49. The molecule has 0 saturated heterocycles. The van der Waals surface area contributed by atoms with E-state index in [-0.39, 0.29) is 0 Å². The molecule has 0 aliphatic heterocycles. The van der Waals surface area contributed by atoms with Crippen LogP contribution in [0.15, 0.2) is 12.1 Å². The summed E-state index contributed by atoms with van der Waals surface area (Å²) < 4.78 is 0. The minimum Gasteiger partial charge on any atom is -0.397 e. The molecule has 0 fully saturated rings. The van der Waals surface area contributed by atoms with E-state index in [9.17, 15) is 0 Å². The normalized spacial score (nSPS) is 10.7. The Bertz CT molecular complexity index is 398. The molecule has 2 N–H and O–H groups in total. The lowest BCUT2D eigenvalue weighted by molar-refractivity contribution is 0.835. The van der Waals surface area contributed by atoms with Crippen molar-refractivity contribution in [1.82, 2.24) is 0 Å². The third-order valence-electron chi connectivity index (χ3n) is 2.64. The monoisotopic (exact) mass is 202 g/mol. The smallest absolute Gasteiger partial charge is 0.101 e. The number of rotatable bonds is 2. The van der Waals surface area contributed by atoms with E-state index in [4.69, 9.17) is 11.0 Å². The van der Waals surface area contributed by atoms with E-state index < -0.39 is 0 Å². The molecule has 0 aliphatic carbocycles. The van der Waals surface area contributed by atoms with Gasteiger partial charge in [-0.3, -0.25) is 0 Å². The predicted octanol–water partition coefficient (Wildman–Crippen LogP) is 3.39. The molecule has 0 saturated carbocycles. The first kappa shape index (κ1) is 11.6. The van der Waals surface area contributed by atoms with Crippen LogP contribution in [0.5, 0.6) is 0 Å². The Balaban J connectivity index is 3.40. The maximum atomic E-state index is 9.00. The van der Waals surface area contributed by atoms with E-state index in [1.807, 2.05) is 6.07 Å². The zero-order chi connectivity index (χ0) is 11.6. The summed E-state index contributed by atoms with van der Waals surface area (Å²) in [5.41, 5.74) is 9.45. The lowest BCUT2D eigenvalue weighted by Crippen LogP contribution is -2.02. The molecule has 0 radical (unpaired) electrons. The Labute approximate surface area is 91.7 Å². The number of anilines is 1. The van der Waals surface area contributed by atoms with Gasteiger partial charge in [0.25, 0.3) is 0 Å². The molecule has 0 aromatic heterocycles. The number of nitriles is 1. The first-order valence-electron chi connectivity index (χ1n) is 5.30. The van der Waals surface area contributed by atoms with E-state index in [0.717, 1.165) is 5.56 Å². The Morgan fingerprint density at radius 1 is 1.13 bits per heavy atom. The van der Waals surface area contributed by atoms with Crippen LogP contribution in [0.3, 0.4) is 0 Å². The Kier molecular flexibility index (Phi) is 3.36. The molecule has 15 heavy (non-hydrogen) atoms. The van der Waals surface area contributed by atoms with Crippen LogP contribution in [0.4, 0.5) is 5.69 Å². The fourth-order valence-electron chi connectivity index (χ4n) is 1.60. The maximum absolute atomic E-state index is 9.00. The second-order valence-electron chi connectivity index (χ2n) is 4.49. The summed E-state index contributed by atoms with van der Waals surface area (Å²) in [6.45, 7) is 8.43.